The van der Waals surface area contributed by atoms with Crippen molar-refractivity contribution in [2.75, 3.05) is 25.5 Å². The summed E-state index contributed by atoms with van der Waals surface area (Å²) < 4.78 is 0. The van der Waals surface area contributed by atoms with Gasteiger partial charge in [-0.1, -0.05) is 0 Å². The Morgan fingerprint density at radius 2 is 2.11 bits per heavy atom. The Bertz CT molecular complexity index is 471. The van der Waals surface area contributed by atoms with Gasteiger partial charge in [0.25, 0.3) is 5.91 Å². The van der Waals surface area contributed by atoms with Crippen LogP contribution in [0.4, 0.5) is 5.00 Å². The number of hydrogen-bond donors (Lipinski definition) is 3. The summed E-state index contributed by atoms with van der Waals surface area (Å²) in [6.45, 7) is -0.317. The first kappa shape index (κ1) is 14.1. The number of anilines is 1. The summed E-state index contributed by atoms with van der Waals surface area (Å²) in [5.41, 5.74) is 5.37. The number of carbonyl (C=O) groups is 3. The molecule has 0 aromatic carbocycles. The van der Waals surface area contributed by atoms with Crippen molar-refractivity contribution in [2.24, 2.45) is 5.73 Å². The average Bonchev–Trinajstić information content (AvgIpc) is 2.63. The van der Waals surface area contributed by atoms with E-state index < -0.39 is 17.8 Å². The Hall–Kier alpha value is -1.93. The van der Waals surface area contributed by atoms with Gasteiger partial charge in [-0.25, -0.2) is 0 Å². The van der Waals surface area contributed by atoms with Crippen LogP contribution in [-0.2, 0) is 9.59 Å². The lowest BCUT2D eigenvalue weighted by Gasteiger charge is -2.13. The van der Waals surface area contributed by atoms with Gasteiger partial charge in [0, 0.05) is 0 Å². The van der Waals surface area contributed by atoms with Crippen LogP contribution in [-0.4, -0.2) is 47.9 Å². The highest BCUT2D eigenvalue weighted by Gasteiger charge is 2.14. The molecule has 7 nitrogen and oxygen atoms in total. The third-order valence-corrected chi connectivity index (χ3v) is 2.83. The normalized spacial score (nSPS) is 10.3. The molecule has 0 radical (unpaired) electrons. The molecule has 0 atom stereocenters. The SMILES string of the molecule is CN(CC(=O)O)CC(=O)Nc1sccc1C(N)=O. The molecule has 2 amide bonds. The standard InChI is InChI=1S/C10H13N3O4S/c1-13(5-8(15)16)4-7(14)12-10-6(9(11)17)2-3-18-10/h2-3H,4-5H2,1H3,(H2,11,17)(H,12,14)(H,15,16). The average molecular weight is 271 g/mol. The van der Waals surface area contributed by atoms with Gasteiger partial charge in [0.1, 0.15) is 5.00 Å². The lowest BCUT2D eigenvalue weighted by Crippen LogP contribution is -2.34. The van der Waals surface area contributed by atoms with Crippen molar-refractivity contribution in [2.45, 2.75) is 0 Å². The summed E-state index contributed by atoms with van der Waals surface area (Å²) in [5, 5.41) is 13.1. The van der Waals surface area contributed by atoms with E-state index in [2.05, 4.69) is 5.32 Å². The Labute approximate surface area is 107 Å². The van der Waals surface area contributed by atoms with Gasteiger partial charge in [-0.2, -0.15) is 0 Å². The van der Waals surface area contributed by atoms with Crippen molar-refractivity contribution >= 4 is 34.1 Å². The van der Waals surface area contributed by atoms with E-state index in [1.54, 1.807) is 5.38 Å². The van der Waals surface area contributed by atoms with Gasteiger partial charge in [-0.05, 0) is 18.5 Å². The molecule has 1 rings (SSSR count). The number of nitrogens with one attached hydrogen (secondary N) is 1. The maximum atomic E-state index is 11.6. The number of carbonyl (C=O) groups excluding carboxylic acids is 2. The summed E-state index contributed by atoms with van der Waals surface area (Å²) in [4.78, 5) is 34.4. The summed E-state index contributed by atoms with van der Waals surface area (Å²) in [5.74, 6) is -2.03. The van der Waals surface area contributed by atoms with E-state index in [1.807, 2.05) is 0 Å². The van der Waals surface area contributed by atoms with E-state index in [9.17, 15) is 14.4 Å². The molecule has 0 unspecified atom stereocenters. The molecule has 1 aromatic heterocycles. The first-order chi connectivity index (χ1) is 8.40. The van der Waals surface area contributed by atoms with Crippen LogP contribution in [0.2, 0.25) is 0 Å². The van der Waals surface area contributed by atoms with E-state index in [-0.39, 0.29) is 18.7 Å². The van der Waals surface area contributed by atoms with Crippen molar-refractivity contribution in [1.29, 1.82) is 0 Å². The number of nitrogens with two attached hydrogens (primary N) is 1. The second-order valence-electron chi connectivity index (χ2n) is 3.64. The fourth-order valence-corrected chi connectivity index (χ4v) is 2.11. The fraction of sp³-hybridized carbons (Fsp3) is 0.300. The number of hydrogen-bond acceptors (Lipinski definition) is 5. The highest BCUT2D eigenvalue weighted by atomic mass is 32.1. The Morgan fingerprint density at radius 1 is 1.44 bits per heavy atom. The molecule has 0 bridgehead atoms. The lowest BCUT2D eigenvalue weighted by molar-refractivity contribution is -0.138. The van der Waals surface area contributed by atoms with E-state index in [0.29, 0.717) is 5.00 Å². The zero-order valence-corrected chi connectivity index (χ0v) is 10.5. The lowest BCUT2D eigenvalue weighted by atomic mass is 10.3. The molecule has 0 fully saturated rings. The maximum absolute atomic E-state index is 11.6. The Kier molecular flexibility index (Phi) is 4.81. The minimum atomic E-state index is -1.01. The Balaban J connectivity index is 2.57. The molecular weight excluding hydrogens is 258 g/mol. The summed E-state index contributed by atoms with van der Waals surface area (Å²) in [6.07, 6.45) is 0. The van der Waals surface area contributed by atoms with E-state index in [4.69, 9.17) is 10.8 Å². The monoisotopic (exact) mass is 271 g/mol. The van der Waals surface area contributed by atoms with E-state index in [1.165, 1.54) is 29.4 Å². The quantitative estimate of drug-likeness (QED) is 0.663. The number of rotatable bonds is 6. The van der Waals surface area contributed by atoms with E-state index >= 15 is 0 Å². The van der Waals surface area contributed by atoms with Crippen LogP contribution >= 0.6 is 11.3 Å². The molecule has 0 saturated heterocycles. The summed E-state index contributed by atoms with van der Waals surface area (Å²) in [7, 11) is 1.51. The number of thiophene rings is 1. The first-order valence-electron chi connectivity index (χ1n) is 4.97. The van der Waals surface area contributed by atoms with Gasteiger partial charge in [0.05, 0.1) is 18.7 Å². The number of amides is 2. The van der Waals surface area contributed by atoms with Crippen LogP contribution in [0, 0.1) is 0 Å². The predicted octanol–water partition coefficient (Wildman–Crippen LogP) is -0.198. The van der Waals surface area contributed by atoms with Gasteiger partial charge in [-0.3, -0.25) is 19.3 Å². The molecule has 8 heteroatoms. The highest BCUT2D eigenvalue weighted by Crippen LogP contribution is 2.22. The number of aliphatic carboxylic acids is 1. The molecule has 0 aliphatic rings. The summed E-state index contributed by atoms with van der Waals surface area (Å²) >= 11 is 1.18. The van der Waals surface area contributed by atoms with Crippen LogP contribution in [0.15, 0.2) is 11.4 Å². The minimum Gasteiger partial charge on any atom is -0.480 e. The second kappa shape index (κ2) is 6.12. The number of nitrogens with zero attached hydrogens (tertiary/aromatic N) is 1. The molecule has 0 saturated carbocycles. The van der Waals surface area contributed by atoms with Gasteiger partial charge in [-0.15, -0.1) is 11.3 Å². The molecular formula is C10H13N3O4S. The van der Waals surface area contributed by atoms with Crippen molar-refractivity contribution in [3.05, 3.63) is 17.0 Å². The summed E-state index contributed by atoms with van der Waals surface area (Å²) in [6, 6.07) is 1.52. The minimum absolute atomic E-state index is 0.0810. The number of carboxylic acids is 1. The zero-order valence-electron chi connectivity index (χ0n) is 9.67. The van der Waals surface area contributed by atoms with Crippen molar-refractivity contribution in [1.82, 2.24) is 4.90 Å². The third-order valence-electron chi connectivity index (χ3n) is 2.00. The Morgan fingerprint density at radius 3 is 2.67 bits per heavy atom. The molecule has 1 aromatic rings. The van der Waals surface area contributed by atoms with Gasteiger partial charge in [0.2, 0.25) is 5.91 Å². The fourth-order valence-electron chi connectivity index (χ4n) is 1.30. The van der Waals surface area contributed by atoms with Gasteiger partial charge in [0.15, 0.2) is 0 Å². The number of primary amides is 1. The molecule has 0 aliphatic heterocycles. The number of likely N-dealkylation sites (N-methyl/N-ethyl adjacent to an activating group) is 1. The molecule has 1 heterocycles. The zero-order chi connectivity index (χ0) is 13.7. The van der Waals surface area contributed by atoms with Crippen molar-refractivity contribution in [3.63, 3.8) is 0 Å². The van der Waals surface area contributed by atoms with Crippen molar-refractivity contribution in [3.8, 4) is 0 Å². The van der Waals surface area contributed by atoms with Crippen LogP contribution in [0.3, 0.4) is 0 Å². The van der Waals surface area contributed by atoms with Gasteiger partial charge >= 0.3 is 5.97 Å². The second-order valence-corrected chi connectivity index (χ2v) is 4.56. The van der Waals surface area contributed by atoms with Gasteiger partial charge < -0.3 is 16.2 Å². The highest BCUT2D eigenvalue weighted by molar-refractivity contribution is 7.14. The molecule has 98 valence electrons. The van der Waals surface area contributed by atoms with E-state index in [0.717, 1.165) is 0 Å². The molecule has 4 N–H and O–H groups in total. The number of carboxylic acid groups (broad SMARTS) is 1. The predicted molar refractivity (Wildman–Crippen MR) is 66.6 cm³/mol. The topological polar surface area (TPSA) is 113 Å². The van der Waals surface area contributed by atoms with Crippen LogP contribution < -0.4 is 11.1 Å². The smallest absolute Gasteiger partial charge is 0.317 e. The van der Waals surface area contributed by atoms with Crippen LogP contribution in [0.1, 0.15) is 10.4 Å². The maximum Gasteiger partial charge on any atom is 0.317 e. The van der Waals surface area contributed by atoms with Crippen LogP contribution in [0.25, 0.3) is 0 Å². The molecule has 0 spiro atoms. The first-order valence-corrected chi connectivity index (χ1v) is 5.85. The van der Waals surface area contributed by atoms with Crippen molar-refractivity contribution < 1.29 is 19.5 Å². The molecule has 18 heavy (non-hydrogen) atoms. The third kappa shape index (κ3) is 4.15. The largest absolute Gasteiger partial charge is 0.480 e. The molecule has 0 aliphatic carbocycles. The van der Waals surface area contributed by atoms with Crippen LogP contribution in [0.5, 0.6) is 0 Å².